The van der Waals surface area contributed by atoms with Crippen molar-refractivity contribution in [2.75, 3.05) is 25.7 Å². The molecule has 2 aromatic rings. The first-order chi connectivity index (χ1) is 12.8. The summed E-state index contributed by atoms with van der Waals surface area (Å²) in [4.78, 5) is 25.2. The zero-order chi connectivity index (χ0) is 20.0. The van der Waals surface area contributed by atoms with Crippen LogP contribution in [0.3, 0.4) is 0 Å². The van der Waals surface area contributed by atoms with Crippen molar-refractivity contribution >= 4 is 29.0 Å². The molecule has 0 aromatic heterocycles. The average molecular weight is 390 g/mol. The number of benzene rings is 2. The summed E-state index contributed by atoms with van der Waals surface area (Å²) >= 11 is 1.69. The number of carbonyl (C=O) groups excluding carboxylic acids is 1. The number of rotatable bonds is 8. The van der Waals surface area contributed by atoms with Crippen molar-refractivity contribution in [1.29, 1.82) is 0 Å². The molecule has 2 atom stereocenters. The van der Waals surface area contributed by atoms with Crippen LogP contribution in [0.2, 0.25) is 0 Å². The molecule has 0 saturated carbocycles. The highest BCUT2D eigenvalue weighted by Crippen LogP contribution is 2.29. The number of ether oxygens (including phenoxy) is 1. The van der Waals surface area contributed by atoms with Crippen LogP contribution in [0.15, 0.2) is 47.4 Å². The lowest BCUT2D eigenvalue weighted by molar-refractivity contribution is -0.907. The average Bonchev–Trinajstić information content (AvgIpc) is 2.67. The van der Waals surface area contributed by atoms with Gasteiger partial charge in [0.1, 0.15) is 12.3 Å². The lowest BCUT2D eigenvalue weighted by Gasteiger charge is -2.21. The SMILES string of the molecule is COc1cc([N+](=O)[O-])ccc1NC(=O)[C@H](C)[NH+](C)Cc1ccc(SC)cc1. The van der Waals surface area contributed by atoms with Gasteiger partial charge in [0.25, 0.3) is 11.6 Å². The Morgan fingerprint density at radius 3 is 2.52 bits per heavy atom. The van der Waals surface area contributed by atoms with Gasteiger partial charge in [-0.25, -0.2) is 0 Å². The number of anilines is 1. The number of thioether (sulfide) groups is 1. The topological polar surface area (TPSA) is 85.9 Å². The van der Waals surface area contributed by atoms with E-state index >= 15 is 0 Å². The van der Waals surface area contributed by atoms with Crippen molar-refractivity contribution in [3.63, 3.8) is 0 Å². The first-order valence-corrected chi connectivity index (χ1v) is 9.66. The van der Waals surface area contributed by atoms with E-state index in [0.717, 1.165) is 10.5 Å². The molecule has 0 radical (unpaired) electrons. The normalized spacial score (nSPS) is 12.9. The molecule has 0 heterocycles. The quantitative estimate of drug-likeness (QED) is 0.411. The number of methoxy groups -OCH3 is 1. The summed E-state index contributed by atoms with van der Waals surface area (Å²) < 4.78 is 5.17. The van der Waals surface area contributed by atoms with E-state index < -0.39 is 4.92 Å². The molecule has 0 spiro atoms. The van der Waals surface area contributed by atoms with Crippen LogP contribution in [0.1, 0.15) is 12.5 Å². The van der Waals surface area contributed by atoms with Crippen LogP contribution in [-0.2, 0) is 11.3 Å². The third-order valence-electron chi connectivity index (χ3n) is 4.43. The molecule has 0 aliphatic rings. The Balaban J connectivity index is 2.04. The van der Waals surface area contributed by atoms with E-state index in [1.165, 1.54) is 30.2 Å². The van der Waals surface area contributed by atoms with Crippen molar-refractivity contribution in [2.24, 2.45) is 0 Å². The second-order valence-electron chi connectivity index (χ2n) is 6.22. The third kappa shape index (κ3) is 5.45. The Kier molecular flexibility index (Phi) is 7.20. The minimum Gasteiger partial charge on any atom is -0.494 e. The van der Waals surface area contributed by atoms with Gasteiger partial charge in [-0.2, -0.15) is 0 Å². The molecule has 0 fully saturated rings. The maximum absolute atomic E-state index is 12.6. The third-order valence-corrected chi connectivity index (χ3v) is 5.17. The molecule has 0 bridgehead atoms. The predicted octanol–water partition coefficient (Wildman–Crippen LogP) is 2.37. The van der Waals surface area contributed by atoms with Gasteiger partial charge in [0, 0.05) is 16.5 Å². The Bertz CT molecular complexity index is 811. The molecule has 0 aliphatic carbocycles. The molecule has 8 heteroatoms. The minimum atomic E-state index is -0.503. The molecule has 7 nitrogen and oxygen atoms in total. The molecule has 1 amide bonds. The van der Waals surface area contributed by atoms with Gasteiger partial charge >= 0.3 is 0 Å². The number of nitrogens with zero attached hydrogens (tertiary/aromatic N) is 1. The van der Waals surface area contributed by atoms with E-state index in [4.69, 9.17) is 4.74 Å². The fraction of sp³-hybridized carbons (Fsp3) is 0.316. The van der Waals surface area contributed by atoms with E-state index in [1.807, 2.05) is 20.2 Å². The van der Waals surface area contributed by atoms with Gasteiger partial charge in [0.15, 0.2) is 6.04 Å². The second-order valence-corrected chi connectivity index (χ2v) is 7.10. The molecule has 0 saturated heterocycles. The zero-order valence-corrected chi connectivity index (χ0v) is 16.6. The largest absolute Gasteiger partial charge is 0.494 e. The first kappa shape index (κ1) is 20.7. The first-order valence-electron chi connectivity index (χ1n) is 8.44. The number of quaternary nitrogens is 1. The lowest BCUT2D eigenvalue weighted by atomic mass is 10.2. The van der Waals surface area contributed by atoms with Crippen LogP contribution < -0.4 is 15.0 Å². The minimum absolute atomic E-state index is 0.0886. The van der Waals surface area contributed by atoms with Crippen molar-refractivity contribution in [2.45, 2.75) is 24.4 Å². The summed E-state index contributed by atoms with van der Waals surface area (Å²) in [5, 5.41) is 13.7. The fourth-order valence-corrected chi connectivity index (χ4v) is 2.99. The molecule has 1 unspecified atom stereocenters. The fourth-order valence-electron chi connectivity index (χ4n) is 2.58. The molecule has 27 heavy (non-hydrogen) atoms. The van der Waals surface area contributed by atoms with Crippen molar-refractivity contribution in [3.05, 3.63) is 58.1 Å². The van der Waals surface area contributed by atoms with Crippen LogP contribution >= 0.6 is 11.8 Å². The van der Waals surface area contributed by atoms with Crippen LogP contribution in [0.4, 0.5) is 11.4 Å². The summed E-state index contributed by atoms with van der Waals surface area (Å²) in [5.74, 6) is 0.0791. The number of hydrogen-bond donors (Lipinski definition) is 2. The maximum Gasteiger partial charge on any atom is 0.282 e. The van der Waals surface area contributed by atoms with Crippen LogP contribution in [0, 0.1) is 10.1 Å². The van der Waals surface area contributed by atoms with Gasteiger partial charge in [-0.1, -0.05) is 12.1 Å². The molecule has 144 valence electrons. The number of nitrogens with one attached hydrogen (secondary N) is 2. The molecule has 2 aromatic carbocycles. The highest BCUT2D eigenvalue weighted by atomic mass is 32.2. The van der Waals surface area contributed by atoms with Gasteiger partial charge in [-0.05, 0) is 31.4 Å². The molecule has 2 N–H and O–H groups in total. The monoisotopic (exact) mass is 390 g/mol. The van der Waals surface area contributed by atoms with Gasteiger partial charge in [-0.15, -0.1) is 11.8 Å². The standard InChI is InChI=1S/C19H23N3O4S/c1-13(21(2)12-14-5-8-16(27-4)9-6-14)19(23)20-17-10-7-15(22(24)25)11-18(17)26-3/h5-11,13H,12H2,1-4H3,(H,20,23)/p+1/t13-/m0/s1. The molecule has 0 aliphatic heterocycles. The maximum atomic E-state index is 12.6. The van der Waals surface area contributed by atoms with Crippen LogP contribution in [-0.4, -0.2) is 37.3 Å². The molecular formula is C19H24N3O4S+. The van der Waals surface area contributed by atoms with E-state index in [-0.39, 0.29) is 23.4 Å². The summed E-state index contributed by atoms with van der Waals surface area (Å²) in [7, 11) is 3.37. The molecule has 2 rings (SSSR count). The smallest absolute Gasteiger partial charge is 0.282 e. The number of nitro benzene ring substituents is 1. The van der Waals surface area contributed by atoms with E-state index in [0.29, 0.717) is 12.2 Å². The van der Waals surface area contributed by atoms with Crippen molar-refractivity contribution in [3.8, 4) is 5.75 Å². The summed E-state index contributed by atoms with van der Waals surface area (Å²) in [5.41, 5.74) is 1.48. The van der Waals surface area contributed by atoms with Crippen molar-refractivity contribution < 1.29 is 19.4 Å². The Morgan fingerprint density at radius 2 is 1.96 bits per heavy atom. The predicted molar refractivity (Wildman–Crippen MR) is 107 cm³/mol. The number of carbonyl (C=O) groups is 1. The zero-order valence-electron chi connectivity index (χ0n) is 15.8. The van der Waals surface area contributed by atoms with Crippen LogP contribution in [0.5, 0.6) is 5.75 Å². The number of amides is 1. The highest BCUT2D eigenvalue weighted by Gasteiger charge is 2.23. The van der Waals surface area contributed by atoms with Gasteiger partial charge < -0.3 is 15.0 Å². The van der Waals surface area contributed by atoms with Crippen LogP contribution in [0.25, 0.3) is 0 Å². The number of hydrogen-bond acceptors (Lipinski definition) is 5. The second kappa shape index (κ2) is 9.38. The van der Waals surface area contributed by atoms with E-state index in [1.54, 1.807) is 11.8 Å². The number of non-ortho nitro benzene ring substituents is 1. The van der Waals surface area contributed by atoms with E-state index in [2.05, 4.69) is 29.6 Å². The summed E-state index contributed by atoms with van der Waals surface area (Å²) in [6, 6.07) is 12.1. The summed E-state index contributed by atoms with van der Waals surface area (Å²) in [6.45, 7) is 2.56. The van der Waals surface area contributed by atoms with Crippen molar-refractivity contribution in [1.82, 2.24) is 0 Å². The Morgan fingerprint density at radius 1 is 1.30 bits per heavy atom. The highest BCUT2D eigenvalue weighted by molar-refractivity contribution is 7.98. The van der Waals surface area contributed by atoms with Gasteiger partial charge in [-0.3, -0.25) is 14.9 Å². The van der Waals surface area contributed by atoms with Gasteiger partial charge in [0.05, 0.1) is 30.8 Å². The number of likely N-dealkylation sites (N-methyl/N-ethyl adjacent to an activating group) is 1. The van der Waals surface area contributed by atoms with Gasteiger partial charge in [0.2, 0.25) is 0 Å². The summed E-state index contributed by atoms with van der Waals surface area (Å²) in [6.07, 6.45) is 2.03. The van der Waals surface area contributed by atoms with E-state index in [9.17, 15) is 14.9 Å². The Hall–Kier alpha value is -2.58. The lowest BCUT2D eigenvalue weighted by Crippen LogP contribution is -3.12. The molecular weight excluding hydrogens is 366 g/mol. The number of nitro groups is 1. The Labute approximate surface area is 162 Å².